The third-order valence-corrected chi connectivity index (χ3v) is 2.50. The molecule has 1 aliphatic heterocycles. The van der Waals surface area contributed by atoms with E-state index in [-0.39, 0.29) is 0 Å². The zero-order chi connectivity index (χ0) is 10.7. The number of aromatic nitrogens is 4. The van der Waals surface area contributed by atoms with Crippen molar-refractivity contribution in [2.45, 2.75) is 6.10 Å². The maximum absolute atomic E-state index is 9.85. The molecule has 0 spiro atoms. The molecule has 1 aromatic heterocycles. The van der Waals surface area contributed by atoms with E-state index in [1.165, 1.54) is 9.70 Å². The van der Waals surface area contributed by atoms with Gasteiger partial charge < -0.3 is 14.7 Å². The smallest absolute Gasteiger partial charge is 0.208 e. The maximum atomic E-state index is 9.85. The fourth-order valence-corrected chi connectivity index (χ4v) is 1.66. The average molecular weight is 214 g/mol. The summed E-state index contributed by atoms with van der Waals surface area (Å²) in [6, 6.07) is 0. The fourth-order valence-electron chi connectivity index (χ4n) is 1.66. The Morgan fingerprint density at radius 2 is 2.27 bits per heavy atom. The van der Waals surface area contributed by atoms with Crippen LogP contribution < -0.4 is 4.90 Å². The third kappa shape index (κ3) is 2.71. The van der Waals surface area contributed by atoms with Crippen LogP contribution in [0.15, 0.2) is 0 Å². The first-order chi connectivity index (χ1) is 7.25. The predicted octanol–water partition coefficient (Wildman–Crippen LogP) is -2.84. The lowest BCUT2D eigenvalue weighted by atomic mass is 10.3. The average Bonchev–Trinajstić information content (AvgIpc) is 2.66. The van der Waals surface area contributed by atoms with Gasteiger partial charge in [-0.25, -0.2) is 0 Å². The number of hydrogen-bond acceptors (Lipinski definition) is 5. The molecule has 1 aromatic rings. The molecule has 7 heteroatoms. The number of nitrogens with one attached hydrogen (secondary N) is 1. The van der Waals surface area contributed by atoms with Gasteiger partial charge in [0, 0.05) is 0 Å². The van der Waals surface area contributed by atoms with E-state index in [1.54, 1.807) is 7.05 Å². The minimum Gasteiger partial charge on any atom is -0.379 e. The Labute approximate surface area is 87.6 Å². The van der Waals surface area contributed by atoms with Crippen LogP contribution in [0.25, 0.3) is 0 Å². The zero-order valence-corrected chi connectivity index (χ0v) is 8.76. The third-order valence-electron chi connectivity index (χ3n) is 2.50. The van der Waals surface area contributed by atoms with E-state index in [4.69, 9.17) is 4.74 Å². The number of tetrazole rings is 1. The SMILES string of the molecule is Cn1nnc([C@@H](O)C[NH+]2CCOCC2)n1. The van der Waals surface area contributed by atoms with Crippen LogP contribution in [0, 0.1) is 0 Å². The normalized spacial score (nSPS) is 20.4. The molecule has 84 valence electrons. The van der Waals surface area contributed by atoms with E-state index in [0.717, 1.165) is 26.3 Å². The molecule has 2 heterocycles. The summed E-state index contributed by atoms with van der Waals surface area (Å²) in [7, 11) is 1.69. The molecule has 0 unspecified atom stereocenters. The van der Waals surface area contributed by atoms with Gasteiger partial charge in [0.05, 0.1) is 20.3 Å². The molecule has 1 aliphatic rings. The van der Waals surface area contributed by atoms with E-state index in [0.29, 0.717) is 12.4 Å². The highest BCUT2D eigenvalue weighted by Gasteiger charge is 2.22. The molecular weight excluding hydrogens is 198 g/mol. The number of aryl methyl sites for hydroxylation is 1. The molecule has 1 atom stereocenters. The molecule has 0 aliphatic carbocycles. The quantitative estimate of drug-likeness (QED) is 0.566. The Hall–Kier alpha value is -1.05. The van der Waals surface area contributed by atoms with Gasteiger partial charge >= 0.3 is 0 Å². The minimum atomic E-state index is -0.633. The van der Waals surface area contributed by atoms with Gasteiger partial charge in [-0.15, -0.1) is 10.2 Å². The summed E-state index contributed by atoms with van der Waals surface area (Å²) < 4.78 is 5.24. The van der Waals surface area contributed by atoms with E-state index >= 15 is 0 Å². The van der Waals surface area contributed by atoms with Crippen molar-refractivity contribution in [2.24, 2.45) is 7.05 Å². The van der Waals surface area contributed by atoms with Crippen molar-refractivity contribution in [3.8, 4) is 0 Å². The lowest BCUT2D eigenvalue weighted by Crippen LogP contribution is -3.14. The molecule has 2 rings (SSSR count). The van der Waals surface area contributed by atoms with Crippen molar-refractivity contribution in [1.82, 2.24) is 20.2 Å². The zero-order valence-electron chi connectivity index (χ0n) is 8.76. The van der Waals surface area contributed by atoms with Crippen molar-refractivity contribution in [2.75, 3.05) is 32.8 Å². The van der Waals surface area contributed by atoms with E-state index < -0.39 is 6.10 Å². The van der Waals surface area contributed by atoms with Gasteiger partial charge in [-0.2, -0.15) is 4.80 Å². The van der Waals surface area contributed by atoms with Crippen molar-refractivity contribution in [1.29, 1.82) is 0 Å². The van der Waals surface area contributed by atoms with Crippen LogP contribution in [0.3, 0.4) is 0 Å². The molecule has 0 amide bonds. The second kappa shape index (κ2) is 4.65. The van der Waals surface area contributed by atoms with Crippen LogP contribution >= 0.6 is 0 Å². The van der Waals surface area contributed by atoms with Gasteiger partial charge in [0.15, 0.2) is 6.10 Å². The van der Waals surface area contributed by atoms with Gasteiger partial charge in [-0.1, -0.05) is 0 Å². The second-order valence-electron chi connectivity index (χ2n) is 3.72. The number of quaternary nitrogens is 1. The molecule has 1 saturated heterocycles. The van der Waals surface area contributed by atoms with Crippen molar-refractivity contribution in [3.05, 3.63) is 5.82 Å². The van der Waals surface area contributed by atoms with Gasteiger partial charge in [0.25, 0.3) is 0 Å². The van der Waals surface area contributed by atoms with Crippen LogP contribution in [-0.2, 0) is 11.8 Å². The van der Waals surface area contributed by atoms with Gasteiger partial charge in [-0.3, -0.25) is 0 Å². The highest BCUT2D eigenvalue weighted by molar-refractivity contribution is 4.82. The molecule has 0 bridgehead atoms. The van der Waals surface area contributed by atoms with Gasteiger partial charge in [-0.05, 0) is 5.21 Å². The largest absolute Gasteiger partial charge is 0.379 e. The molecule has 0 saturated carbocycles. The van der Waals surface area contributed by atoms with Gasteiger partial charge in [0.2, 0.25) is 5.82 Å². The number of nitrogens with zero attached hydrogens (tertiary/aromatic N) is 4. The van der Waals surface area contributed by atoms with Crippen LogP contribution in [0.5, 0.6) is 0 Å². The summed E-state index contributed by atoms with van der Waals surface area (Å²) in [4.78, 5) is 2.67. The summed E-state index contributed by atoms with van der Waals surface area (Å²) >= 11 is 0. The van der Waals surface area contributed by atoms with Crippen molar-refractivity contribution < 1.29 is 14.7 Å². The number of hydrogen-bond donors (Lipinski definition) is 2. The highest BCUT2D eigenvalue weighted by Crippen LogP contribution is 2.01. The topological polar surface area (TPSA) is 77.5 Å². The number of rotatable bonds is 3. The van der Waals surface area contributed by atoms with Crippen LogP contribution in [0.1, 0.15) is 11.9 Å². The molecular formula is C8H16N5O2+. The number of ether oxygens (including phenoxy) is 1. The Morgan fingerprint density at radius 3 is 2.87 bits per heavy atom. The Kier molecular flexibility index (Phi) is 3.24. The lowest BCUT2D eigenvalue weighted by Gasteiger charge is -2.24. The van der Waals surface area contributed by atoms with Gasteiger partial charge in [0.1, 0.15) is 19.6 Å². The summed E-state index contributed by atoms with van der Waals surface area (Å²) in [6.45, 7) is 4.00. The van der Waals surface area contributed by atoms with Crippen molar-refractivity contribution >= 4 is 0 Å². The van der Waals surface area contributed by atoms with Crippen LogP contribution in [0.4, 0.5) is 0 Å². The standard InChI is InChI=1S/C8H15N5O2/c1-12-10-8(9-11-12)7(14)6-13-2-4-15-5-3-13/h7,14H,2-6H2,1H3/p+1/t7-/m0/s1. The van der Waals surface area contributed by atoms with Crippen LogP contribution in [-0.4, -0.2) is 58.2 Å². The molecule has 2 N–H and O–H groups in total. The number of aliphatic hydroxyl groups is 1. The monoisotopic (exact) mass is 214 g/mol. The summed E-state index contributed by atoms with van der Waals surface area (Å²) in [5, 5.41) is 21.3. The second-order valence-corrected chi connectivity index (χ2v) is 3.72. The first-order valence-corrected chi connectivity index (χ1v) is 5.09. The number of aliphatic hydroxyl groups excluding tert-OH is 1. The summed E-state index contributed by atoms with van der Waals surface area (Å²) in [6.07, 6.45) is -0.633. The first kappa shape index (κ1) is 10.5. The molecule has 0 aromatic carbocycles. The Balaban J connectivity index is 1.88. The Bertz CT molecular complexity index is 310. The Morgan fingerprint density at radius 1 is 1.53 bits per heavy atom. The summed E-state index contributed by atoms with van der Waals surface area (Å²) in [5.41, 5.74) is 0. The molecule has 1 fully saturated rings. The molecule has 0 radical (unpaired) electrons. The fraction of sp³-hybridized carbons (Fsp3) is 0.875. The molecule has 7 nitrogen and oxygen atoms in total. The highest BCUT2D eigenvalue weighted by atomic mass is 16.5. The predicted molar refractivity (Wildman–Crippen MR) is 50.1 cm³/mol. The molecule has 15 heavy (non-hydrogen) atoms. The first-order valence-electron chi connectivity index (χ1n) is 5.09. The number of morpholine rings is 1. The van der Waals surface area contributed by atoms with E-state index in [1.807, 2.05) is 0 Å². The van der Waals surface area contributed by atoms with Crippen molar-refractivity contribution in [3.63, 3.8) is 0 Å². The van der Waals surface area contributed by atoms with E-state index in [9.17, 15) is 5.11 Å². The lowest BCUT2D eigenvalue weighted by molar-refractivity contribution is -0.911. The van der Waals surface area contributed by atoms with Crippen LogP contribution in [0.2, 0.25) is 0 Å². The van der Waals surface area contributed by atoms with E-state index in [2.05, 4.69) is 15.4 Å². The summed E-state index contributed by atoms with van der Waals surface area (Å²) in [5.74, 6) is 0.400. The maximum Gasteiger partial charge on any atom is 0.208 e. The minimum absolute atomic E-state index is 0.400.